The summed E-state index contributed by atoms with van der Waals surface area (Å²) in [5.41, 5.74) is 0.590. The van der Waals surface area contributed by atoms with Gasteiger partial charge in [0.05, 0.1) is 0 Å². The predicted molar refractivity (Wildman–Crippen MR) is 89.0 cm³/mol. The second-order valence-corrected chi connectivity index (χ2v) is 6.31. The van der Waals surface area contributed by atoms with E-state index in [9.17, 15) is 14.0 Å². The van der Waals surface area contributed by atoms with E-state index >= 15 is 0 Å². The quantitative estimate of drug-likeness (QED) is 0.904. The summed E-state index contributed by atoms with van der Waals surface area (Å²) < 4.78 is 15.7. The van der Waals surface area contributed by atoms with Gasteiger partial charge in [-0.3, -0.25) is 9.59 Å². The number of piperidine rings is 1. The molecule has 0 saturated carbocycles. The van der Waals surface area contributed by atoms with Crippen LogP contribution in [0.15, 0.2) is 36.7 Å². The minimum absolute atomic E-state index is 0.111. The highest BCUT2D eigenvalue weighted by Gasteiger charge is 2.25. The Bertz CT molecular complexity index is 761. The molecule has 2 aromatic rings. The molecule has 1 aliphatic rings. The lowest BCUT2D eigenvalue weighted by Gasteiger charge is -2.32. The van der Waals surface area contributed by atoms with Crippen LogP contribution in [0.4, 0.5) is 4.39 Å². The van der Waals surface area contributed by atoms with E-state index in [0.29, 0.717) is 30.8 Å². The average molecular weight is 345 g/mol. The number of carboxylic acids is 1. The molecule has 2 heterocycles. The number of hydrogen-bond acceptors (Lipinski definition) is 3. The summed E-state index contributed by atoms with van der Waals surface area (Å²) in [7, 11) is 0. The van der Waals surface area contributed by atoms with Crippen molar-refractivity contribution in [3.63, 3.8) is 0 Å². The Hall–Kier alpha value is -2.70. The van der Waals surface area contributed by atoms with Crippen molar-refractivity contribution in [3.8, 4) is 5.69 Å². The molecule has 0 spiro atoms. The Morgan fingerprint density at radius 3 is 2.88 bits per heavy atom. The number of carbonyl (C=O) groups is 2. The van der Waals surface area contributed by atoms with Crippen LogP contribution in [0.3, 0.4) is 0 Å². The lowest BCUT2D eigenvalue weighted by atomic mass is 9.93. The first kappa shape index (κ1) is 17.1. The summed E-state index contributed by atoms with van der Waals surface area (Å²) in [4.78, 5) is 25.1. The lowest BCUT2D eigenvalue weighted by molar-refractivity contribution is -0.137. The number of rotatable bonds is 5. The molecule has 1 atom stereocenters. The minimum Gasteiger partial charge on any atom is -0.481 e. The fourth-order valence-corrected chi connectivity index (χ4v) is 3.23. The van der Waals surface area contributed by atoms with Crippen LogP contribution in [-0.4, -0.2) is 44.8 Å². The average Bonchev–Trinajstić information content (AvgIpc) is 3.14. The molecule has 1 N–H and O–H groups in total. The van der Waals surface area contributed by atoms with Crippen LogP contribution in [0.5, 0.6) is 0 Å². The molecule has 1 fully saturated rings. The van der Waals surface area contributed by atoms with Crippen molar-refractivity contribution in [1.82, 2.24) is 14.7 Å². The van der Waals surface area contributed by atoms with Crippen LogP contribution in [0.2, 0.25) is 0 Å². The van der Waals surface area contributed by atoms with Gasteiger partial charge in [0.2, 0.25) is 0 Å². The first-order valence-electron chi connectivity index (χ1n) is 8.35. The van der Waals surface area contributed by atoms with Crippen LogP contribution < -0.4 is 0 Å². The number of carboxylic acid groups (broad SMARTS) is 1. The van der Waals surface area contributed by atoms with Gasteiger partial charge in [-0.2, -0.15) is 5.10 Å². The van der Waals surface area contributed by atoms with E-state index in [4.69, 9.17) is 5.11 Å². The number of aromatic nitrogens is 2. The van der Waals surface area contributed by atoms with Crippen LogP contribution in [0.25, 0.3) is 5.69 Å². The summed E-state index contributed by atoms with van der Waals surface area (Å²) in [6, 6.07) is 6.08. The molecule has 132 valence electrons. The molecule has 1 aromatic carbocycles. The molecule has 1 amide bonds. The number of nitrogens with zero attached hydrogens (tertiary/aromatic N) is 3. The van der Waals surface area contributed by atoms with Crippen molar-refractivity contribution < 1.29 is 19.1 Å². The molecular weight excluding hydrogens is 325 g/mol. The molecule has 3 rings (SSSR count). The number of carbonyl (C=O) groups excluding carboxylic acids is 1. The Balaban J connectivity index is 1.70. The lowest BCUT2D eigenvalue weighted by Crippen LogP contribution is -2.40. The smallest absolute Gasteiger partial charge is 0.303 e. The zero-order chi connectivity index (χ0) is 17.8. The van der Waals surface area contributed by atoms with Crippen LogP contribution in [0, 0.1) is 11.7 Å². The second kappa shape index (κ2) is 7.46. The monoisotopic (exact) mass is 345 g/mol. The Morgan fingerprint density at radius 1 is 1.36 bits per heavy atom. The van der Waals surface area contributed by atoms with E-state index in [-0.39, 0.29) is 18.2 Å². The first-order valence-corrected chi connectivity index (χ1v) is 8.35. The maximum Gasteiger partial charge on any atom is 0.303 e. The molecule has 6 nitrogen and oxygen atoms in total. The highest BCUT2D eigenvalue weighted by molar-refractivity contribution is 5.94. The van der Waals surface area contributed by atoms with E-state index < -0.39 is 11.8 Å². The highest BCUT2D eigenvalue weighted by Crippen LogP contribution is 2.23. The number of halogens is 1. The highest BCUT2D eigenvalue weighted by atomic mass is 19.1. The summed E-state index contributed by atoms with van der Waals surface area (Å²) in [5, 5.41) is 12.8. The Labute approximate surface area is 144 Å². The van der Waals surface area contributed by atoms with Crippen molar-refractivity contribution >= 4 is 11.9 Å². The molecule has 0 bridgehead atoms. The molecule has 25 heavy (non-hydrogen) atoms. The van der Waals surface area contributed by atoms with E-state index in [2.05, 4.69) is 5.10 Å². The Kier molecular flexibility index (Phi) is 5.11. The van der Waals surface area contributed by atoms with E-state index in [1.807, 2.05) is 0 Å². The molecule has 0 aliphatic carbocycles. The molecule has 0 unspecified atom stereocenters. The number of aliphatic carboxylic acids is 1. The maximum absolute atomic E-state index is 14.3. The van der Waals surface area contributed by atoms with E-state index in [0.717, 1.165) is 12.8 Å². The van der Waals surface area contributed by atoms with Gasteiger partial charge in [-0.05, 0) is 49.4 Å². The van der Waals surface area contributed by atoms with Gasteiger partial charge in [0.25, 0.3) is 5.91 Å². The third-order valence-corrected chi connectivity index (χ3v) is 4.52. The van der Waals surface area contributed by atoms with Crippen LogP contribution in [0.1, 0.15) is 36.0 Å². The van der Waals surface area contributed by atoms with Gasteiger partial charge in [-0.1, -0.05) is 0 Å². The van der Waals surface area contributed by atoms with Gasteiger partial charge in [0.1, 0.15) is 11.5 Å². The largest absolute Gasteiger partial charge is 0.481 e. The fourth-order valence-electron chi connectivity index (χ4n) is 3.23. The summed E-state index contributed by atoms with van der Waals surface area (Å²) in [6.45, 7) is 1.14. The third-order valence-electron chi connectivity index (χ3n) is 4.52. The van der Waals surface area contributed by atoms with Gasteiger partial charge in [0.15, 0.2) is 0 Å². The molecule has 7 heteroatoms. The maximum atomic E-state index is 14.3. The first-order chi connectivity index (χ1) is 12.0. The van der Waals surface area contributed by atoms with Gasteiger partial charge < -0.3 is 10.0 Å². The van der Waals surface area contributed by atoms with Gasteiger partial charge in [-0.25, -0.2) is 9.07 Å². The zero-order valence-electron chi connectivity index (χ0n) is 13.8. The van der Waals surface area contributed by atoms with Crippen molar-refractivity contribution in [2.24, 2.45) is 5.92 Å². The zero-order valence-corrected chi connectivity index (χ0v) is 13.8. The summed E-state index contributed by atoms with van der Waals surface area (Å²) in [6.07, 6.45) is 5.63. The molecule has 1 saturated heterocycles. The molecule has 0 radical (unpaired) electrons. The topological polar surface area (TPSA) is 75.4 Å². The van der Waals surface area contributed by atoms with E-state index in [1.165, 1.54) is 10.7 Å². The number of benzene rings is 1. The minimum atomic E-state index is -0.820. The van der Waals surface area contributed by atoms with Crippen molar-refractivity contribution in [1.29, 1.82) is 0 Å². The summed E-state index contributed by atoms with van der Waals surface area (Å²) in [5.74, 6) is -1.36. The molecule has 1 aromatic heterocycles. The van der Waals surface area contributed by atoms with Crippen LogP contribution in [-0.2, 0) is 4.79 Å². The molecular formula is C18H20FN3O3. The SMILES string of the molecule is O=C(O)CC[C@H]1CCCN(C(=O)c2ccc(-n3cccn3)c(F)c2)C1. The Morgan fingerprint density at radius 2 is 2.20 bits per heavy atom. The van der Waals surface area contributed by atoms with Crippen LogP contribution >= 0.6 is 0 Å². The van der Waals surface area contributed by atoms with Gasteiger partial charge >= 0.3 is 5.97 Å². The standard InChI is InChI=1S/C18H20FN3O3/c19-15-11-14(5-6-16(15)22-10-2-8-20-22)18(25)21-9-1-3-13(12-21)4-7-17(23)24/h2,5-6,8,10-11,13H,1,3-4,7,9,12H2,(H,23,24)/t13-/m1/s1. The van der Waals surface area contributed by atoms with E-state index in [1.54, 1.807) is 35.5 Å². The number of hydrogen-bond donors (Lipinski definition) is 1. The third kappa shape index (κ3) is 4.04. The normalized spacial score (nSPS) is 17.5. The second-order valence-electron chi connectivity index (χ2n) is 6.31. The van der Waals surface area contributed by atoms with Gasteiger partial charge in [0, 0.05) is 37.5 Å². The summed E-state index contributed by atoms with van der Waals surface area (Å²) >= 11 is 0. The number of likely N-dealkylation sites (tertiary alicyclic amines) is 1. The van der Waals surface area contributed by atoms with Gasteiger partial charge in [-0.15, -0.1) is 0 Å². The molecule has 1 aliphatic heterocycles. The fraction of sp³-hybridized carbons (Fsp3) is 0.389. The van der Waals surface area contributed by atoms with Crippen molar-refractivity contribution in [2.45, 2.75) is 25.7 Å². The van der Waals surface area contributed by atoms with Crippen molar-refractivity contribution in [3.05, 3.63) is 48.0 Å². The number of amides is 1. The predicted octanol–water partition coefficient (Wildman–Crippen LogP) is 2.73. The van der Waals surface area contributed by atoms with Crippen molar-refractivity contribution in [2.75, 3.05) is 13.1 Å².